The highest BCUT2D eigenvalue weighted by Crippen LogP contribution is 2.48. The number of ether oxygens (including phenoxy) is 1. The van der Waals surface area contributed by atoms with Gasteiger partial charge in [0.2, 0.25) is 0 Å². The van der Waals surface area contributed by atoms with Gasteiger partial charge < -0.3 is 11.7 Å². The van der Waals surface area contributed by atoms with E-state index in [2.05, 4.69) is 55.5 Å². The zero-order chi connectivity index (χ0) is 12.8. The number of hydrogen-bond donors (Lipinski definition) is 0. The van der Waals surface area contributed by atoms with Crippen LogP contribution in [0.2, 0.25) is 0 Å². The molecule has 0 saturated carbocycles. The highest BCUT2D eigenvalue weighted by atomic mass is 16.5. The van der Waals surface area contributed by atoms with Gasteiger partial charge in [0.1, 0.15) is 0 Å². The van der Waals surface area contributed by atoms with Gasteiger partial charge in [-0.05, 0) is 35.1 Å². The van der Waals surface area contributed by atoms with Gasteiger partial charge in [0.15, 0.2) is 0 Å². The largest absolute Gasteiger partial charge is 0.402 e. The molecule has 3 unspecified atom stereocenters. The lowest BCUT2D eigenvalue weighted by molar-refractivity contribution is 0.0644. The standard InChI is InChI=1S/C18H17O/c1-12-10-17-15-8-4-2-6-13(15)11-14-7-3-5-9-16(14)18(17)19-12/h2-9,12,17-18H,1,10-11H2/q-1. The first-order valence-corrected chi connectivity index (χ1v) is 6.97. The molecule has 3 atom stereocenters. The molecule has 0 aromatic heterocycles. The van der Waals surface area contributed by atoms with Crippen molar-refractivity contribution >= 4 is 0 Å². The molecule has 1 nitrogen and oxygen atoms in total. The van der Waals surface area contributed by atoms with E-state index in [1.54, 1.807) is 0 Å². The molecular formula is C18H17O-. The topological polar surface area (TPSA) is 9.23 Å². The Morgan fingerprint density at radius 3 is 2.32 bits per heavy atom. The van der Waals surface area contributed by atoms with Crippen LogP contribution in [0.5, 0.6) is 0 Å². The maximum Gasteiger partial charge on any atom is 0.0864 e. The van der Waals surface area contributed by atoms with Gasteiger partial charge in [-0.15, -0.1) is 0 Å². The van der Waals surface area contributed by atoms with Crippen molar-refractivity contribution in [2.45, 2.75) is 31.0 Å². The minimum atomic E-state index is 0.106. The average Bonchev–Trinajstić information content (AvgIpc) is 2.76. The van der Waals surface area contributed by atoms with Crippen molar-refractivity contribution in [2.24, 2.45) is 0 Å². The first kappa shape index (κ1) is 11.2. The van der Waals surface area contributed by atoms with Gasteiger partial charge in [-0.3, -0.25) is 0 Å². The molecule has 0 bridgehead atoms. The molecule has 1 saturated heterocycles. The average molecular weight is 249 g/mol. The summed E-state index contributed by atoms with van der Waals surface area (Å²) in [6, 6.07) is 17.5. The monoisotopic (exact) mass is 249 g/mol. The second-order valence-electron chi connectivity index (χ2n) is 5.60. The maximum absolute atomic E-state index is 6.12. The van der Waals surface area contributed by atoms with Crippen molar-refractivity contribution in [2.75, 3.05) is 0 Å². The smallest absolute Gasteiger partial charge is 0.0864 e. The first-order chi connectivity index (χ1) is 9.33. The van der Waals surface area contributed by atoms with E-state index in [-0.39, 0.29) is 12.2 Å². The van der Waals surface area contributed by atoms with Crippen LogP contribution in [0.15, 0.2) is 48.5 Å². The summed E-state index contributed by atoms with van der Waals surface area (Å²) in [7, 11) is 0. The molecule has 2 aromatic carbocycles. The first-order valence-electron chi connectivity index (χ1n) is 6.97. The van der Waals surface area contributed by atoms with Crippen LogP contribution in [0.1, 0.15) is 40.7 Å². The number of fused-ring (bicyclic) bond motifs is 5. The summed E-state index contributed by atoms with van der Waals surface area (Å²) in [6.45, 7) is 4.12. The van der Waals surface area contributed by atoms with Crippen molar-refractivity contribution in [1.82, 2.24) is 0 Å². The fourth-order valence-electron chi connectivity index (χ4n) is 3.58. The van der Waals surface area contributed by atoms with Crippen LogP contribution in [-0.2, 0) is 11.2 Å². The lowest BCUT2D eigenvalue weighted by Gasteiger charge is -2.20. The molecule has 1 aliphatic heterocycles. The fraction of sp³-hybridized carbons (Fsp3) is 0.278. The summed E-state index contributed by atoms with van der Waals surface area (Å²) in [5.74, 6) is 0.461. The summed E-state index contributed by atoms with van der Waals surface area (Å²) in [5, 5.41) is 0. The third-order valence-electron chi connectivity index (χ3n) is 4.42. The van der Waals surface area contributed by atoms with Gasteiger partial charge in [-0.1, -0.05) is 54.6 Å². The Bertz CT molecular complexity index is 563. The normalized spacial score (nSPS) is 28.2. The van der Waals surface area contributed by atoms with Crippen LogP contribution < -0.4 is 0 Å². The molecule has 0 spiro atoms. The third-order valence-corrected chi connectivity index (χ3v) is 4.42. The van der Waals surface area contributed by atoms with E-state index in [1.165, 1.54) is 22.3 Å². The zero-order valence-electron chi connectivity index (χ0n) is 10.9. The predicted molar refractivity (Wildman–Crippen MR) is 76.0 cm³/mol. The highest BCUT2D eigenvalue weighted by molar-refractivity contribution is 5.45. The molecule has 2 aromatic rings. The van der Waals surface area contributed by atoms with E-state index in [9.17, 15) is 0 Å². The van der Waals surface area contributed by atoms with Crippen LogP contribution >= 0.6 is 0 Å². The second kappa shape index (κ2) is 4.21. The summed E-state index contributed by atoms with van der Waals surface area (Å²) in [5.41, 5.74) is 5.65. The van der Waals surface area contributed by atoms with Crippen LogP contribution in [0, 0.1) is 6.92 Å². The highest BCUT2D eigenvalue weighted by Gasteiger charge is 2.36. The Balaban J connectivity index is 1.93. The molecule has 1 aliphatic carbocycles. The molecule has 96 valence electrons. The Morgan fingerprint density at radius 1 is 0.895 bits per heavy atom. The molecule has 1 heterocycles. The molecule has 19 heavy (non-hydrogen) atoms. The van der Waals surface area contributed by atoms with E-state index in [1.807, 2.05) is 0 Å². The fourth-order valence-corrected chi connectivity index (χ4v) is 3.58. The van der Waals surface area contributed by atoms with Crippen molar-refractivity contribution in [1.29, 1.82) is 0 Å². The van der Waals surface area contributed by atoms with Gasteiger partial charge >= 0.3 is 0 Å². The lowest BCUT2D eigenvalue weighted by Crippen LogP contribution is -2.06. The van der Waals surface area contributed by atoms with Crippen LogP contribution in [0.25, 0.3) is 0 Å². The van der Waals surface area contributed by atoms with Crippen molar-refractivity contribution in [3.05, 3.63) is 77.7 Å². The number of hydrogen-bond acceptors (Lipinski definition) is 1. The summed E-state index contributed by atoms with van der Waals surface area (Å²) >= 11 is 0. The molecule has 0 amide bonds. The van der Waals surface area contributed by atoms with E-state index < -0.39 is 0 Å². The molecule has 1 fully saturated rings. The molecule has 1 heteroatoms. The lowest BCUT2D eigenvalue weighted by atomic mass is 9.87. The maximum atomic E-state index is 6.12. The van der Waals surface area contributed by atoms with Crippen LogP contribution in [0.3, 0.4) is 0 Å². The van der Waals surface area contributed by atoms with Gasteiger partial charge in [0, 0.05) is 5.92 Å². The molecule has 0 N–H and O–H groups in total. The van der Waals surface area contributed by atoms with E-state index >= 15 is 0 Å². The van der Waals surface area contributed by atoms with E-state index in [0.717, 1.165) is 12.8 Å². The minimum absolute atomic E-state index is 0.106. The molecule has 2 aliphatic rings. The van der Waals surface area contributed by atoms with Crippen molar-refractivity contribution in [3.63, 3.8) is 0 Å². The SMILES string of the molecule is [CH2-]C1CC2c3ccccc3Cc3ccccc3C2O1. The quantitative estimate of drug-likeness (QED) is 0.640. The third kappa shape index (κ3) is 1.73. The van der Waals surface area contributed by atoms with Gasteiger partial charge in [-0.25, -0.2) is 0 Å². The van der Waals surface area contributed by atoms with E-state index in [0.29, 0.717) is 5.92 Å². The Morgan fingerprint density at radius 2 is 1.53 bits per heavy atom. The second-order valence-corrected chi connectivity index (χ2v) is 5.60. The van der Waals surface area contributed by atoms with Gasteiger partial charge in [0.25, 0.3) is 0 Å². The number of benzene rings is 2. The zero-order valence-corrected chi connectivity index (χ0v) is 10.9. The van der Waals surface area contributed by atoms with Gasteiger partial charge in [-0.2, -0.15) is 0 Å². The minimum Gasteiger partial charge on any atom is -0.402 e. The van der Waals surface area contributed by atoms with Gasteiger partial charge in [0.05, 0.1) is 6.10 Å². The molecule has 0 radical (unpaired) electrons. The van der Waals surface area contributed by atoms with Crippen molar-refractivity contribution < 1.29 is 4.74 Å². The van der Waals surface area contributed by atoms with Crippen LogP contribution in [0.4, 0.5) is 0 Å². The summed E-state index contributed by atoms with van der Waals surface area (Å²) in [4.78, 5) is 0. The van der Waals surface area contributed by atoms with Crippen molar-refractivity contribution in [3.8, 4) is 0 Å². The molecule has 4 rings (SSSR count). The number of rotatable bonds is 0. The summed E-state index contributed by atoms with van der Waals surface area (Å²) in [6.07, 6.45) is 2.33. The Hall–Kier alpha value is -1.60. The predicted octanol–water partition coefficient (Wildman–Crippen LogP) is 4.04. The summed E-state index contributed by atoms with van der Waals surface area (Å²) < 4.78 is 6.12. The Kier molecular flexibility index (Phi) is 2.49. The van der Waals surface area contributed by atoms with E-state index in [4.69, 9.17) is 4.74 Å². The molecular weight excluding hydrogens is 232 g/mol. The van der Waals surface area contributed by atoms with Crippen LogP contribution in [-0.4, -0.2) is 6.10 Å². The Labute approximate surface area is 114 Å².